The minimum atomic E-state index is 0.609. The van der Waals surface area contributed by atoms with E-state index in [9.17, 15) is 0 Å². The molecule has 0 N–H and O–H groups in total. The van der Waals surface area contributed by atoms with Gasteiger partial charge in [-0.15, -0.1) is 0 Å². The van der Waals surface area contributed by atoms with Crippen molar-refractivity contribution >= 4 is 23.5 Å². The van der Waals surface area contributed by atoms with E-state index in [0.717, 1.165) is 35.5 Å². The fourth-order valence-electron chi connectivity index (χ4n) is 4.36. The summed E-state index contributed by atoms with van der Waals surface area (Å²) in [5, 5.41) is 1.87. The Labute approximate surface area is 150 Å². The first kappa shape index (κ1) is 17.1. The number of rotatable bonds is 8. The molecule has 2 aliphatic heterocycles. The highest BCUT2D eigenvalue weighted by molar-refractivity contribution is 8.00. The van der Waals surface area contributed by atoms with Gasteiger partial charge in [0.25, 0.3) is 0 Å². The molecular formula is C19H32O2S2. The third kappa shape index (κ3) is 5.83. The second-order valence-electron chi connectivity index (χ2n) is 8.10. The SMILES string of the molecule is C1CC(SCC2CO2)CCC1CC1CCC(SCC2CO2)CC1. The van der Waals surface area contributed by atoms with E-state index in [1.165, 1.54) is 69.3 Å². The van der Waals surface area contributed by atoms with Gasteiger partial charge in [0, 0.05) is 22.0 Å². The van der Waals surface area contributed by atoms with Crippen LogP contribution in [0.25, 0.3) is 0 Å². The Kier molecular flexibility index (Phi) is 6.18. The van der Waals surface area contributed by atoms with Crippen LogP contribution in [0.3, 0.4) is 0 Å². The molecule has 132 valence electrons. The number of ether oxygens (including phenoxy) is 2. The smallest absolute Gasteiger partial charge is 0.0900 e. The van der Waals surface area contributed by atoms with E-state index in [-0.39, 0.29) is 0 Å². The van der Waals surface area contributed by atoms with Gasteiger partial charge in [0.05, 0.1) is 25.4 Å². The van der Waals surface area contributed by atoms with E-state index in [1.807, 2.05) is 0 Å². The third-order valence-corrected chi connectivity index (χ3v) is 9.11. The average molecular weight is 357 g/mol. The van der Waals surface area contributed by atoms with E-state index in [4.69, 9.17) is 9.47 Å². The Morgan fingerprint density at radius 2 is 1.00 bits per heavy atom. The van der Waals surface area contributed by atoms with Crippen LogP contribution < -0.4 is 0 Å². The van der Waals surface area contributed by atoms with Gasteiger partial charge in [0.1, 0.15) is 0 Å². The van der Waals surface area contributed by atoms with Crippen LogP contribution in [0.15, 0.2) is 0 Å². The summed E-state index contributed by atoms with van der Waals surface area (Å²) in [6.45, 7) is 2.05. The predicted molar refractivity (Wildman–Crippen MR) is 101 cm³/mol. The molecule has 2 saturated carbocycles. The molecule has 4 fully saturated rings. The van der Waals surface area contributed by atoms with Gasteiger partial charge in [-0.2, -0.15) is 23.5 Å². The first-order valence-electron chi connectivity index (χ1n) is 9.81. The largest absolute Gasteiger partial charge is 0.372 e. The first-order chi connectivity index (χ1) is 11.3. The van der Waals surface area contributed by atoms with Gasteiger partial charge in [0.2, 0.25) is 0 Å². The molecule has 0 aromatic rings. The lowest BCUT2D eigenvalue weighted by atomic mass is 9.77. The van der Waals surface area contributed by atoms with Crippen molar-refractivity contribution < 1.29 is 9.47 Å². The third-order valence-electron chi connectivity index (χ3n) is 6.09. The van der Waals surface area contributed by atoms with Gasteiger partial charge >= 0.3 is 0 Å². The van der Waals surface area contributed by atoms with Crippen LogP contribution in [0.1, 0.15) is 57.8 Å². The highest BCUT2D eigenvalue weighted by Crippen LogP contribution is 2.40. The molecule has 2 heterocycles. The monoisotopic (exact) mass is 356 g/mol. The highest BCUT2D eigenvalue weighted by Gasteiger charge is 2.30. The van der Waals surface area contributed by atoms with Crippen molar-refractivity contribution in [2.24, 2.45) is 11.8 Å². The Balaban J connectivity index is 1.08. The van der Waals surface area contributed by atoms with Crippen LogP contribution >= 0.6 is 23.5 Å². The quantitative estimate of drug-likeness (QED) is 0.586. The van der Waals surface area contributed by atoms with Gasteiger partial charge < -0.3 is 9.47 Å². The Morgan fingerprint density at radius 3 is 1.35 bits per heavy atom. The van der Waals surface area contributed by atoms with E-state index in [1.54, 1.807) is 0 Å². The normalized spacial score (nSPS) is 43.3. The molecule has 4 heteroatoms. The molecule has 23 heavy (non-hydrogen) atoms. The van der Waals surface area contributed by atoms with Crippen molar-refractivity contribution in [2.75, 3.05) is 24.7 Å². The Morgan fingerprint density at radius 1 is 0.609 bits per heavy atom. The molecule has 0 radical (unpaired) electrons. The summed E-state index contributed by atoms with van der Waals surface area (Å²) in [5.41, 5.74) is 0. The van der Waals surface area contributed by atoms with Crippen molar-refractivity contribution in [1.29, 1.82) is 0 Å². The zero-order chi connectivity index (χ0) is 15.5. The van der Waals surface area contributed by atoms with Crippen LogP contribution in [-0.4, -0.2) is 47.4 Å². The summed E-state index contributed by atoms with van der Waals surface area (Å²) >= 11 is 4.38. The Hall–Kier alpha value is 0.620. The summed E-state index contributed by atoms with van der Waals surface area (Å²) in [5.74, 6) is 4.59. The topological polar surface area (TPSA) is 25.1 Å². The molecule has 2 saturated heterocycles. The number of hydrogen-bond acceptors (Lipinski definition) is 4. The number of thioether (sulfide) groups is 2. The van der Waals surface area contributed by atoms with Crippen molar-refractivity contribution in [2.45, 2.75) is 80.5 Å². The lowest BCUT2D eigenvalue weighted by Crippen LogP contribution is -2.23. The van der Waals surface area contributed by atoms with Crippen molar-refractivity contribution in [3.63, 3.8) is 0 Å². The molecule has 2 atom stereocenters. The van der Waals surface area contributed by atoms with E-state index in [2.05, 4.69) is 23.5 Å². The molecule has 4 rings (SSSR count). The fraction of sp³-hybridized carbons (Fsp3) is 1.00. The van der Waals surface area contributed by atoms with Gasteiger partial charge in [-0.3, -0.25) is 0 Å². The summed E-state index contributed by atoms with van der Waals surface area (Å²) in [7, 11) is 0. The van der Waals surface area contributed by atoms with Crippen LogP contribution in [0, 0.1) is 11.8 Å². The van der Waals surface area contributed by atoms with Gasteiger partial charge in [-0.05, 0) is 69.6 Å². The molecular weight excluding hydrogens is 324 g/mol. The molecule has 0 bridgehead atoms. The maximum atomic E-state index is 5.33. The molecule has 2 aliphatic carbocycles. The van der Waals surface area contributed by atoms with E-state index in [0.29, 0.717) is 12.2 Å². The lowest BCUT2D eigenvalue weighted by Gasteiger charge is -2.34. The molecule has 2 nitrogen and oxygen atoms in total. The molecule has 0 spiro atoms. The number of epoxide rings is 2. The summed E-state index contributed by atoms with van der Waals surface area (Å²) < 4.78 is 10.7. The first-order valence-corrected chi connectivity index (χ1v) is 11.9. The molecule has 2 unspecified atom stereocenters. The van der Waals surface area contributed by atoms with E-state index >= 15 is 0 Å². The van der Waals surface area contributed by atoms with Crippen LogP contribution in [0.4, 0.5) is 0 Å². The molecule has 4 aliphatic rings. The zero-order valence-electron chi connectivity index (χ0n) is 14.3. The van der Waals surface area contributed by atoms with Crippen LogP contribution in [0.2, 0.25) is 0 Å². The standard InChI is InChI=1S/C19H32O2S2/c1-5-18(22-12-16-10-20-16)6-2-14(1)9-15-3-7-19(8-4-15)23-13-17-11-21-17/h14-19H,1-13H2. The summed E-state index contributed by atoms with van der Waals surface area (Å²) in [6.07, 6.45) is 14.6. The minimum absolute atomic E-state index is 0.609. The summed E-state index contributed by atoms with van der Waals surface area (Å²) in [4.78, 5) is 0. The predicted octanol–water partition coefficient (Wildman–Crippen LogP) is 4.76. The molecule has 0 aromatic heterocycles. The molecule has 0 aromatic carbocycles. The maximum absolute atomic E-state index is 5.33. The average Bonchev–Trinajstić information content (AvgIpc) is 3.48. The fourth-order valence-corrected chi connectivity index (χ4v) is 6.92. The van der Waals surface area contributed by atoms with Gasteiger partial charge in [-0.25, -0.2) is 0 Å². The lowest BCUT2D eigenvalue weighted by molar-refractivity contribution is 0.249. The second-order valence-corrected chi connectivity index (χ2v) is 10.8. The van der Waals surface area contributed by atoms with Crippen LogP contribution in [-0.2, 0) is 9.47 Å². The second kappa shape index (κ2) is 8.33. The van der Waals surface area contributed by atoms with Gasteiger partial charge in [0.15, 0.2) is 0 Å². The van der Waals surface area contributed by atoms with E-state index < -0.39 is 0 Å². The van der Waals surface area contributed by atoms with Gasteiger partial charge in [-0.1, -0.05) is 0 Å². The molecule has 0 amide bonds. The minimum Gasteiger partial charge on any atom is -0.372 e. The number of hydrogen-bond donors (Lipinski definition) is 0. The van der Waals surface area contributed by atoms with Crippen molar-refractivity contribution in [3.8, 4) is 0 Å². The highest BCUT2D eigenvalue weighted by atomic mass is 32.2. The van der Waals surface area contributed by atoms with Crippen LogP contribution in [0.5, 0.6) is 0 Å². The Bertz CT molecular complexity index is 320. The summed E-state index contributed by atoms with van der Waals surface area (Å²) in [6, 6.07) is 0. The van der Waals surface area contributed by atoms with Crippen molar-refractivity contribution in [3.05, 3.63) is 0 Å². The maximum Gasteiger partial charge on any atom is 0.0900 e. The van der Waals surface area contributed by atoms with Crippen molar-refractivity contribution in [1.82, 2.24) is 0 Å². The zero-order valence-corrected chi connectivity index (χ0v) is 15.9.